The van der Waals surface area contributed by atoms with Crippen molar-refractivity contribution in [3.8, 4) is 0 Å². The van der Waals surface area contributed by atoms with Crippen LogP contribution >= 0.6 is 0 Å². The lowest BCUT2D eigenvalue weighted by atomic mass is 9.73. The number of Topliss-reactive ketones (excluding diaryl/α,β-unsaturated/α-hetero) is 1. The van der Waals surface area contributed by atoms with Gasteiger partial charge in [0, 0.05) is 37.2 Å². The monoisotopic (exact) mass is 623 g/mol. The molecule has 0 aromatic heterocycles. The van der Waals surface area contributed by atoms with Gasteiger partial charge in [0.05, 0.1) is 30.4 Å². The van der Waals surface area contributed by atoms with Gasteiger partial charge in [-0.1, -0.05) is 27.7 Å². The van der Waals surface area contributed by atoms with Crippen molar-refractivity contribution in [3.05, 3.63) is 0 Å². The van der Waals surface area contributed by atoms with Gasteiger partial charge < -0.3 is 33.7 Å². The number of cyclic esters (lactones) is 1. The molecule has 0 aliphatic carbocycles. The minimum atomic E-state index is -1.13. The molecular formula is C32H53N3O9. The molecule has 44 heavy (non-hydrogen) atoms. The van der Waals surface area contributed by atoms with E-state index in [2.05, 4.69) is 6.92 Å². The highest BCUT2D eigenvalue weighted by molar-refractivity contribution is 5.97. The van der Waals surface area contributed by atoms with Crippen molar-refractivity contribution in [2.45, 2.75) is 128 Å². The normalized spacial score (nSPS) is 44.0. The van der Waals surface area contributed by atoms with Crippen LogP contribution in [0, 0.1) is 17.8 Å². The minimum Gasteiger partial charge on any atom is -0.458 e. The molecule has 0 radical (unpaired) electrons. The Hall–Kier alpha value is -2.12. The Kier molecular flexibility index (Phi) is 10.5. The number of aliphatic hydroxyl groups is 1. The van der Waals surface area contributed by atoms with Gasteiger partial charge in [0.15, 0.2) is 11.9 Å². The van der Waals surface area contributed by atoms with Crippen LogP contribution in [0.25, 0.3) is 0 Å². The van der Waals surface area contributed by atoms with Crippen molar-refractivity contribution in [1.29, 1.82) is 0 Å². The van der Waals surface area contributed by atoms with E-state index in [9.17, 15) is 19.5 Å². The molecule has 12 atom stereocenters. The van der Waals surface area contributed by atoms with Crippen LogP contribution in [0.15, 0.2) is 4.99 Å². The van der Waals surface area contributed by atoms with Crippen LogP contribution in [0.5, 0.6) is 0 Å². The third-order valence-electron chi connectivity index (χ3n) is 10.4. The van der Waals surface area contributed by atoms with Crippen LogP contribution in [-0.4, -0.2) is 127 Å². The molecule has 4 heterocycles. The molecule has 1 N–H and O–H groups in total. The molecule has 0 saturated carbocycles. The first-order valence-corrected chi connectivity index (χ1v) is 16.0. The molecule has 4 aliphatic heterocycles. The predicted octanol–water partition coefficient (Wildman–Crippen LogP) is 2.83. The van der Waals surface area contributed by atoms with Gasteiger partial charge >= 0.3 is 12.1 Å². The summed E-state index contributed by atoms with van der Waals surface area (Å²) >= 11 is 0. The standard InChI is InChI=1S/C32H53N3O9/c1-11-23-32(7)27-20(5)25(33-12-13-35(27)30(39)44-32)17(2)16-31(6,40-10)28(19(4)22(36)15-24(37)42-23)43-29-26(38)21(34(8)9)14-18(3)41-29/h17-21,23,26-29,38H,11-16H2,1-10H3/t17-,18-,19+,20+,21+,23-,26-,27-,28-,29+,31+,32-/m1/s1. The first-order valence-electron chi connectivity index (χ1n) is 16.0. The molecule has 3 fully saturated rings. The second-order valence-corrected chi connectivity index (χ2v) is 13.9. The van der Waals surface area contributed by atoms with Gasteiger partial charge in [-0.2, -0.15) is 0 Å². The maximum absolute atomic E-state index is 13.8. The molecule has 0 aromatic rings. The van der Waals surface area contributed by atoms with Crippen molar-refractivity contribution < 1.29 is 43.2 Å². The number of hydrogen-bond acceptors (Lipinski definition) is 11. The molecule has 4 aliphatic rings. The van der Waals surface area contributed by atoms with Crippen molar-refractivity contribution >= 4 is 23.6 Å². The van der Waals surface area contributed by atoms with Crippen molar-refractivity contribution in [2.24, 2.45) is 22.7 Å². The van der Waals surface area contributed by atoms with E-state index in [-0.39, 0.29) is 29.8 Å². The number of aliphatic imine (C=N–C) groups is 1. The van der Waals surface area contributed by atoms with Crippen LogP contribution < -0.4 is 0 Å². The Balaban J connectivity index is 1.77. The van der Waals surface area contributed by atoms with Crippen molar-refractivity contribution in [1.82, 2.24) is 9.80 Å². The zero-order valence-electron chi connectivity index (χ0n) is 28.1. The van der Waals surface area contributed by atoms with Crippen molar-refractivity contribution in [3.63, 3.8) is 0 Å². The lowest BCUT2D eigenvalue weighted by molar-refractivity contribution is -0.295. The Bertz CT molecular complexity index is 1120. The van der Waals surface area contributed by atoms with Crippen LogP contribution in [0.1, 0.15) is 74.1 Å². The number of rotatable bonds is 5. The second-order valence-electron chi connectivity index (χ2n) is 13.9. The largest absolute Gasteiger partial charge is 0.458 e. The fourth-order valence-corrected chi connectivity index (χ4v) is 8.08. The van der Waals surface area contributed by atoms with E-state index >= 15 is 0 Å². The van der Waals surface area contributed by atoms with E-state index in [0.717, 1.165) is 5.71 Å². The number of likely N-dealkylation sites (N-methyl/N-ethyl adjacent to an activating group) is 1. The third kappa shape index (κ3) is 6.42. The minimum absolute atomic E-state index is 0.139. The number of ether oxygens (including phenoxy) is 5. The number of amides is 1. The maximum atomic E-state index is 13.8. The highest BCUT2D eigenvalue weighted by Crippen LogP contribution is 2.43. The van der Waals surface area contributed by atoms with Crippen molar-refractivity contribution in [2.75, 3.05) is 34.3 Å². The van der Waals surface area contributed by atoms with E-state index < -0.39 is 66.2 Å². The summed E-state index contributed by atoms with van der Waals surface area (Å²) in [5.74, 6) is -2.25. The molecule has 2 bridgehead atoms. The Morgan fingerprint density at radius 3 is 2.41 bits per heavy atom. The highest BCUT2D eigenvalue weighted by Gasteiger charge is 2.60. The van der Waals surface area contributed by atoms with E-state index in [1.807, 2.05) is 53.6 Å². The highest BCUT2D eigenvalue weighted by atomic mass is 16.7. The number of nitrogens with zero attached hydrogens (tertiary/aromatic N) is 3. The summed E-state index contributed by atoms with van der Waals surface area (Å²) in [6.07, 6.45) is -3.33. The van der Waals surface area contributed by atoms with Gasteiger partial charge in [-0.25, -0.2) is 4.79 Å². The number of esters is 1. The summed E-state index contributed by atoms with van der Waals surface area (Å²) in [4.78, 5) is 48.9. The zero-order chi connectivity index (χ0) is 32.7. The molecule has 0 spiro atoms. The fraction of sp³-hybridized carbons (Fsp3) is 0.875. The van der Waals surface area contributed by atoms with E-state index in [4.69, 9.17) is 28.7 Å². The average Bonchev–Trinajstić information content (AvgIpc) is 3.08. The van der Waals surface area contributed by atoms with Gasteiger partial charge in [-0.3, -0.25) is 19.5 Å². The number of aliphatic hydroxyl groups excluding tert-OH is 1. The number of ketones is 1. The molecule has 250 valence electrons. The molecule has 12 heteroatoms. The summed E-state index contributed by atoms with van der Waals surface area (Å²) in [6.45, 7) is 14.1. The first kappa shape index (κ1) is 34.7. The Morgan fingerprint density at radius 2 is 1.80 bits per heavy atom. The van der Waals surface area contributed by atoms with Gasteiger partial charge in [-0.15, -0.1) is 0 Å². The summed E-state index contributed by atoms with van der Waals surface area (Å²) < 4.78 is 30.8. The number of carbonyl (C=O) groups is 3. The van der Waals surface area contributed by atoms with Crippen LogP contribution in [0.4, 0.5) is 4.79 Å². The number of fused-ring (bicyclic) bond motifs is 1. The number of carbonyl (C=O) groups excluding carboxylic acids is 3. The Morgan fingerprint density at radius 1 is 1.11 bits per heavy atom. The van der Waals surface area contributed by atoms with Crippen LogP contribution in [-0.2, 0) is 33.3 Å². The second kappa shape index (κ2) is 13.3. The third-order valence-corrected chi connectivity index (χ3v) is 10.4. The van der Waals surface area contributed by atoms with E-state index in [1.54, 1.807) is 18.9 Å². The molecular weight excluding hydrogens is 570 g/mol. The average molecular weight is 624 g/mol. The van der Waals surface area contributed by atoms with Gasteiger partial charge in [0.1, 0.15) is 24.4 Å². The first-order chi connectivity index (χ1) is 20.6. The summed E-state index contributed by atoms with van der Waals surface area (Å²) in [7, 11) is 5.38. The maximum Gasteiger partial charge on any atom is 0.410 e. The van der Waals surface area contributed by atoms with E-state index in [1.165, 1.54) is 0 Å². The van der Waals surface area contributed by atoms with Gasteiger partial charge in [0.2, 0.25) is 0 Å². The molecule has 4 rings (SSSR count). The molecule has 0 aromatic carbocycles. The topological polar surface area (TPSA) is 136 Å². The zero-order valence-corrected chi connectivity index (χ0v) is 28.1. The van der Waals surface area contributed by atoms with E-state index in [0.29, 0.717) is 32.4 Å². The summed E-state index contributed by atoms with van der Waals surface area (Å²) in [6, 6.07) is -0.637. The SMILES string of the molecule is CC[C@H]1OC(=O)CC(=O)[C@H](C)[C@@H](O[C@@H]2O[C@H](C)C[C@H](N(C)C)[C@H]2O)[C@@](C)(OC)C[C@@H](C)C2=NCCN3C(=O)O[C@@]1(C)[C@H]3[C@H]2C. The Labute approximate surface area is 261 Å². The number of hydrogen-bond donors (Lipinski definition) is 1. The number of methoxy groups -OCH3 is 1. The molecule has 12 nitrogen and oxygen atoms in total. The molecule has 3 saturated heterocycles. The lowest BCUT2D eigenvalue weighted by Gasteiger charge is -2.47. The smallest absolute Gasteiger partial charge is 0.410 e. The van der Waals surface area contributed by atoms with Gasteiger partial charge in [-0.05, 0) is 60.0 Å². The van der Waals surface area contributed by atoms with Gasteiger partial charge in [0.25, 0.3) is 0 Å². The predicted molar refractivity (Wildman–Crippen MR) is 162 cm³/mol. The molecule has 0 unspecified atom stereocenters. The molecule has 1 amide bonds. The summed E-state index contributed by atoms with van der Waals surface area (Å²) in [5, 5.41) is 11.3. The lowest BCUT2D eigenvalue weighted by Crippen LogP contribution is -2.59. The van der Waals surface area contributed by atoms with Crippen LogP contribution in [0.3, 0.4) is 0 Å². The van der Waals surface area contributed by atoms with Crippen LogP contribution in [0.2, 0.25) is 0 Å². The quantitative estimate of drug-likeness (QED) is 0.360. The summed E-state index contributed by atoms with van der Waals surface area (Å²) in [5.41, 5.74) is -1.28. The fourth-order valence-electron chi connectivity index (χ4n) is 8.08.